The number of carbonyl (C=O) groups excluding carboxylic acids is 1. The topological polar surface area (TPSA) is 49.6 Å². The fourth-order valence-electron chi connectivity index (χ4n) is 2.16. The number of amides is 1. The molecule has 1 aromatic carbocycles. The predicted octanol–water partition coefficient (Wildman–Crippen LogP) is 1.20. The van der Waals surface area contributed by atoms with Crippen LogP contribution in [-0.4, -0.2) is 42.4 Å². The second kappa shape index (κ2) is 6.17. The van der Waals surface area contributed by atoms with Gasteiger partial charge in [-0.25, -0.2) is 0 Å². The highest BCUT2D eigenvalue weighted by Crippen LogP contribution is 2.25. The van der Waals surface area contributed by atoms with Gasteiger partial charge >= 0.3 is 0 Å². The van der Waals surface area contributed by atoms with Gasteiger partial charge in [0.2, 0.25) is 5.91 Å². The molecular weight excluding hydrogens is 238 g/mol. The highest BCUT2D eigenvalue weighted by Gasteiger charge is 2.29. The van der Waals surface area contributed by atoms with Crippen LogP contribution in [-0.2, 0) is 17.9 Å². The van der Waals surface area contributed by atoms with Gasteiger partial charge in [-0.15, -0.1) is 0 Å². The van der Waals surface area contributed by atoms with E-state index in [1.165, 1.54) is 5.56 Å². The maximum Gasteiger partial charge on any atom is 0.236 e. The van der Waals surface area contributed by atoms with E-state index in [0.29, 0.717) is 19.1 Å². The van der Waals surface area contributed by atoms with Crippen LogP contribution in [0.2, 0.25) is 0 Å². The lowest BCUT2D eigenvalue weighted by molar-refractivity contribution is -0.131. The summed E-state index contributed by atoms with van der Waals surface area (Å²) in [6.07, 6.45) is 2.32. The van der Waals surface area contributed by atoms with E-state index in [2.05, 4.69) is 17.0 Å². The quantitative estimate of drug-likeness (QED) is 0.837. The molecule has 0 aliphatic heterocycles. The molecule has 0 spiro atoms. The van der Waals surface area contributed by atoms with Crippen LogP contribution in [0.4, 0.5) is 0 Å². The SMILES string of the molecule is CN(CC(=O)N(C)C1CC1)Cc1ccc(CN)cc1. The molecule has 104 valence electrons. The van der Waals surface area contributed by atoms with Crippen molar-refractivity contribution in [3.8, 4) is 0 Å². The molecule has 0 saturated heterocycles. The molecule has 0 heterocycles. The Morgan fingerprint density at radius 1 is 1.21 bits per heavy atom. The van der Waals surface area contributed by atoms with Gasteiger partial charge in [0.05, 0.1) is 6.54 Å². The van der Waals surface area contributed by atoms with Gasteiger partial charge in [-0.3, -0.25) is 9.69 Å². The number of likely N-dealkylation sites (N-methyl/N-ethyl adjacent to an activating group) is 2. The number of benzene rings is 1. The van der Waals surface area contributed by atoms with E-state index in [4.69, 9.17) is 5.73 Å². The zero-order valence-electron chi connectivity index (χ0n) is 11.8. The van der Waals surface area contributed by atoms with Gasteiger partial charge in [0.25, 0.3) is 0 Å². The summed E-state index contributed by atoms with van der Waals surface area (Å²) in [5, 5.41) is 0. The van der Waals surface area contributed by atoms with E-state index in [1.807, 2.05) is 31.1 Å². The maximum absolute atomic E-state index is 12.0. The van der Waals surface area contributed by atoms with Crippen LogP contribution in [0.15, 0.2) is 24.3 Å². The van der Waals surface area contributed by atoms with Crippen molar-refractivity contribution in [2.24, 2.45) is 5.73 Å². The molecule has 1 fully saturated rings. The Bertz CT molecular complexity index is 426. The molecule has 0 unspecified atom stereocenters. The van der Waals surface area contributed by atoms with Gasteiger partial charge in [0.1, 0.15) is 0 Å². The van der Waals surface area contributed by atoms with Gasteiger partial charge in [0.15, 0.2) is 0 Å². The number of carbonyl (C=O) groups is 1. The molecule has 0 bridgehead atoms. The molecule has 1 aliphatic rings. The van der Waals surface area contributed by atoms with Gasteiger partial charge < -0.3 is 10.6 Å². The van der Waals surface area contributed by atoms with Crippen LogP contribution in [0.1, 0.15) is 24.0 Å². The molecule has 4 heteroatoms. The van der Waals surface area contributed by atoms with Crippen molar-refractivity contribution < 1.29 is 4.79 Å². The van der Waals surface area contributed by atoms with Gasteiger partial charge in [-0.2, -0.15) is 0 Å². The van der Waals surface area contributed by atoms with E-state index in [0.717, 1.165) is 24.9 Å². The van der Waals surface area contributed by atoms with Crippen LogP contribution in [0.3, 0.4) is 0 Å². The fraction of sp³-hybridized carbons (Fsp3) is 0.533. The number of hydrogen-bond donors (Lipinski definition) is 1. The van der Waals surface area contributed by atoms with Crippen LogP contribution in [0.5, 0.6) is 0 Å². The second-order valence-corrected chi connectivity index (χ2v) is 5.43. The average Bonchev–Trinajstić information content (AvgIpc) is 3.22. The molecule has 0 atom stereocenters. The van der Waals surface area contributed by atoms with E-state index in [9.17, 15) is 4.79 Å². The first-order valence-corrected chi connectivity index (χ1v) is 6.82. The molecule has 2 rings (SSSR count). The summed E-state index contributed by atoms with van der Waals surface area (Å²) in [4.78, 5) is 15.9. The molecule has 19 heavy (non-hydrogen) atoms. The van der Waals surface area contributed by atoms with Crippen LogP contribution in [0.25, 0.3) is 0 Å². The monoisotopic (exact) mass is 261 g/mol. The molecule has 1 amide bonds. The van der Waals surface area contributed by atoms with Crippen molar-refractivity contribution in [2.75, 3.05) is 20.6 Å². The molecule has 1 saturated carbocycles. The Hall–Kier alpha value is -1.39. The fourth-order valence-corrected chi connectivity index (χ4v) is 2.16. The summed E-state index contributed by atoms with van der Waals surface area (Å²) in [5.41, 5.74) is 7.92. The third-order valence-corrected chi connectivity index (χ3v) is 3.60. The number of nitrogens with two attached hydrogens (primary N) is 1. The van der Waals surface area contributed by atoms with Crippen LogP contribution in [0, 0.1) is 0 Å². The van der Waals surface area contributed by atoms with Crippen molar-refractivity contribution in [2.45, 2.75) is 32.0 Å². The Morgan fingerprint density at radius 2 is 1.79 bits per heavy atom. The first-order valence-electron chi connectivity index (χ1n) is 6.82. The number of rotatable bonds is 6. The number of hydrogen-bond acceptors (Lipinski definition) is 3. The van der Waals surface area contributed by atoms with E-state index in [-0.39, 0.29) is 5.91 Å². The minimum atomic E-state index is 0.212. The zero-order chi connectivity index (χ0) is 13.8. The number of nitrogens with zero attached hydrogens (tertiary/aromatic N) is 2. The van der Waals surface area contributed by atoms with Crippen LogP contribution < -0.4 is 5.73 Å². The molecule has 0 radical (unpaired) electrons. The summed E-state index contributed by atoms with van der Waals surface area (Å²) < 4.78 is 0. The third kappa shape index (κ3) is 4.04. The van der Waals surface area contributed by atoms with E-state index >= 15 is 0 Å². The molecule has 1 aromatic rings. The summed E-state index contributed by atoms with van der Waals surface area (Å²) in [7, 11) is 3.89. The van der Waals surface area contributed by atoms with Gasteiger partial charge in [0, 0.05) is 26.2 Å². The van der Waals surface area contributed by atoms with Crippen molar-refractivity contribution in [1.29, 1.82) is 0 Å². The Kier molecular flexibility index (Phi) is 4.56. The predicted molar refractivity (Wildman–Crippen MR) is 76.5 cm³/mol. The molecule has 4 nitrogen and oxygen atoms in total. The Morgan fingerprint density at radius 3 is 2.32 bits per heavy atom. The van der Waals surface area contributed by atoms with Crippen molar-refractivity contribution in [3.63, 3.8) is 0 Å². The standard InChI is InChI=1S/C15H23N3O/c1-17(11-15(19)18(2)14-7-8-14)10-13-5-3-12(9-16)4-6-13/h3-6,14H,7-11,16H2,1-2H3. The largest absolute Gasteiger partial charge is 0.342 e. The summed E-state index contributed by atoms with van der Waals surface area (Å²) >= 11 is 0. The summed E-state index contributed by atoms with van der Waals surface area (Å²) in [5.74, 6) is 0.212. The normalized spacial score (nSPS) is 14.7. The van der Waals surface area contributed by atoms with Crippen molar-refractivity contribution in [1.82, 2.24) is 9.80 Å². The Labute approximate surface area is 115 Å². The lowest BCUT2D eigenvalue weighted by Gasteiger charge is -2.21. The average molecular weight is 261 g/mol. The first-order chi connectivity index (χ1) is 9.10. The van der Waals surface area contributed by atoms with Crippen molar-refractivity contribution >= 4 is 5.91 Å². The maximum atomic E-state index is 12.0. The van der Waals surface area contributed by atoms with Gasteiger partial charge in [-0.05, 0) is 31.0 Å². The summed E-state index contributed by atoms with van der Waals surface area (Å²) in [6.45, 7) is 1.83. The minimum Gasteiger partial charge on any atom is -0.342 e. The lowest BCUT2D eigenvalue weighted by atomic mass is 10.1. The van der Waals surface area contributed by atoms with Crippen molar-refractivity contribution in [3.05, 3.63) is 35.4 Å². The second-order valence-electron chi connectivity index (χ2n) is 5.43. The third-order valence-electron chi connectivity index (χ3n) is 3.60. The smallest absolute Gasteiger partial charge is 0.236 e. The highest BCUT2D eigenvalue weighted by atomic mass is 16.2. The molecule has 0 aromatic heterocycles. The van der Waals surface area contributed by atoms with Gasteiger partial charge in [-0.1, -0.05) is 24.3 Å². The van der Waals surface area contributed by atoms with Crippen LogP contribution >= 0.6 is 0 Å². The molecule has 1 aliphatic carbocycles. The lowest BCUT2D eigenvalue weighted by Crippen LogP contribution is -2.37. The Balaban J connectivity index is 1.82. The zero-order valence-corrected chi connectivity index (χ0v) is 11.8. The molecular formula is C15H23N3O. The summed E-state index contributed by atoms with van der Waals surface area (Å²) in [6, 6.07) is 8.73. The highest BCUT2D eigenvalue weighted by molar-refractivity contribution is 5.78. The minimum absolute atomic E-state index is 0.212. The van der Waals surface area contributed by atoms with E-state index < -0.39 is 0 Å². The molecule has 2 N–H and O–H groups in total. The first kappa shape index (κ1) is 14.0. The van der Waals surface area contributed by atoms with E-state index in [1.54, 1.807) is 0 Å².